The van der Waals surface area contributed by atoms with Gasteiger partial charge in [0, 0.05) is 24.0 Å². The van der Waals surface area contributed by atoms with Crippen LogP contribution in [0.25, 0.3) is 0 Å². The van der Waals surface area contributed by atoms with Crippen molar-refractivity contribution in [2.45, 2.75) is 19.3 Å². The van der Waals surface area contributed by atoms with Crippen molar-refractivity contribution in [2.75, 3.05) is 26.6 Å². The van der Waals surface area contributed by atoms with Gasteiger partial charge in [0.05, 0.1) is 38.1 Å². The van der Waals surface area contributed by atoms with Crippen molar-refractivity contribution in [3.8, 4) is 17.6 Å². The fourth-order valence-electron chi connectivity index (χ4n) is 2.08. The molecule has 0 amide bonds. The van der Waals surface area contributed by atoms with Gasteiger partial charge in [0.2, 0.25) is 0 Å². The molecule has 0 spiro atoms. The first-order chi connectivity index (χ1) is 10.0. The van der Waals surface area contributed by atoms with E-state index in [0.717, 1.165) is 12.8 Å². The highest BCUT2D eigenvalue weighted by molar-refractivity contribution is 5.96. The lowest BCUT2D eigenvalue weighted by Crippen LogP contribution is -2.16. The minimum Gasteiger partial charge on any atom is -0.493 e. The Labute approximate surface area is 123 Å². The second-order valence-electron chi connectivity index (χ2n) is 5.21. The number of carbonyl (C=O) groups is 1. The molecule has 0 saturated heterocycles. The summed E-state index contributed by atoms with van der Waals surface area (Å²) in [6, 6.07) is 5.15. The summed E-state index contributed by atoms with van der Waals surface area (Å²) in [5.41, 5.74) is 6.19. The van der Waals surface area contributed by atoms with Gasteiger partial charge in [-0.15, -0.1) is 0 Å². The molecule has 0 aliphatic heterocycles. The average molecular weight is 290 g/mol. The van der Waals surface area contributed by atoms with Gasteiger partial charge in [0.1, 0.15) is 0 Å². The van der Waals surface area contributed by atoms with Gasteiger partial charge in [-0.3, -0.25) is 0 Å². The van der Waals surface area contributed by atoms with Crippen LogP contribution >= 0.6 is 0 Å². The summed E-state index contributed by atoms with van der Waals surface area (Å²) in [5, 5.41) is 8.75. The van der Waals surface area contributed by atoms with E-state index >= 15 is 0 Å². The molecule has 0 heterocycles. The second-order valence-corrected chi connectivity index (χ2v) is 5.21. The molecule has 1 fully saturated rings. The van der Waals surface area contributed by atoms with Crippen molar-refractivity contribution in [3.05, 3.63) is 17.7 Å². The molecule has 1 aliphatic rings. The highest BCUT2D eigenvalue weighted by Gasteiger charge is 2.43. The number of nitrogens with two attached hydrogens (primary N) is 1. The Bertz CT molecular complexity index is 588. The van der Waals surface area contributed by atoms with Crippen molar-refractivity contribution in [1.82, 2.24) is 0 Å². The summed E-state index contributed by atoms with van der Waals surface area (Å²) in [6.07, 6.45) is 2.23. The fraction of sp³-hybridized carbons (Fsp3) is 0.467. The zero-order chi connectivity index (χ0) is 15.5. The number of carbonyl (C=O) groups excluding carboxylic acids is 1. The van der Waals surface area contributed by atoms with Crippen LogP contribution in [0.2, 0.25) is 0 Å². The van der Waals surface area contributed by atoms with E-state index in [1.807, 2.05) is 0 Å². The maximum absolute atomic E-state index is 12.1. The maximum Gasteiger partial charge on any atom is 0.340 e. The first-order valence-corrected chi connectivity index (χ1v) is 6.61. The molecule has 21 heavy (non-hydrogen) atoms. The zero-order valence-corrected chi connectivity index (χ0v) is 12.1. The molecule has 0 aromatic heterocycles. The predicted molar refractivity (Wildman–Crippen MR) is 76.1 cm³/mol. The number of rotatable bonds is 6. The van der Waals surface area contributed by atoms with Gasteiger partial charge in [0.15, 0.2) is 11.5 Å². The molecule has 2 rings (SSSR count). The van der Waals surface area contributed by atoms with Crippen LogP contribution in [-0.2, 0) is 4.74 Å². The third kappa shape index (κ3) is 3.19. The van der Waals surface area contributed by atoms with E-state index in [0.29, 0.717) is 17.9 Å². The normalized spacial score (nSPS) is 14.9. The third-order valence-electron chi connectivity index (χ3n) is 3.70. The van der Waals surface area contributed by atoms with E-state index in [1.165, 1.54) is 26.4 Å². The van der Waals surface area contributed by atoms with Crippen LogP contribution in [0.1, 0.15) is 29.6 Å². The SMILES string of the molecule is COc1cc(N)c(C(=O)OCC2(CC#N)CC2)cc1OC. The minimum atomic E-state index is -0.516. The summed E-state index contributed by atoms with van der Waals surface area (Å²) in [6.45, 7) is 0.243. The van der Waals surface area contributed by atoms with Crippen LogP contribution < -0.4 is 15.2 Å². The lowest BCUT2D eigenvalue weighted by atomic mass is 10.1. The van der Waals surface area contributed by atoms with Crippen LogP contribution in [0.3, 0.4) is 0 Å². The molecule has 1 aliphatic carbocycles. The predicted octanol–water partition coefficient (Wildman–Crippen LogP) is 2.14. The van der Waals surface area contributed by atoms with Crippen LogP contribution in [0, 0.1) is 16.7 Å². The Hall–Kier alpha value is -2.42. The Morgan fingerprint density at radius 1 is 1.33 bits per heavy atom. The van der Waals surface area contributed by atoms with Crippen LogP contribution in [0.5, 0.6) is 11.5 Å². The molecule has 1 aromatic carbocycles. The number of nitrogens with zero attached hydrogens (tertiary/aromatic N) is 1. The van der Waals surface area contributed by atoms with Gasteiger partial charge in [-0.1, -0.05) is 0 Å². The van der Waals surface area contributed by atoms with Gasteiger partial charge in [0.25, 0.3) is 0 Å². The quantitative estimate of drug-likeness (QED) is 0.637. The van der Waals surface area contributed by atoms with E-state index in [4.69, 9.17) is 25.2 Å². The second kappa shape index (κ2) is 5.92. The minimum absolute atomic E-state index is 0.157. The number of anilines is 1. The molecular formula is C15H18N2O4. The summed E-state index contributed by atoms with van der Waals surface area (Å²) >= 11 is 0. The number of nitriles is 1. The molecule has 0 bridgehead atoms. The molecule has 1 saturated carbocycles. The first-order valence-electron chi connectivity index (χ1n) is 6.61. The molecule has 6 heteroatoms. The zero-order valence-electron chi connectivity index (χ0n) is 12.1. The van der Waals surface area contributed by atoms with Crippen molar-refractivity contribution < 1.29 is 19.0 Å². The standard InChI is InChI=1S/C15H18N2O4/c1-19-12-7-10(11(17)8-13(12)20-2)14(18)21-9-15(3-4-15)5-6-16/h7-8H,3-5,9,17H2,1-2H3. The fourth-order valence-corrected chi connectivity index (χ4v) is 2.08. The van der Waals surface area contributed by atoms with E-state index in [2.05, 4.69) is 6.07 Å². The molecule has 2 N–H and O–H groups in total. The van der Waals surface area contributed by atoms with Gasteiger partial charge >= 0.3 is 5.97 Å². The monoisotopic (exact) mass is 290 g/mol. The topological polar surface area (TPSA) is 94.6 Å². The molecule has 0 radical (unpaired) electrons. The van der Waals surface area contributed by atoms with Gasteiger partial charge in [-0.05, 0) is 12.8 Å². The Morgan fingerprint density at radius 2 is 1.95 bits per heavy atom. The number of benzene rings is 1. The lowest BCUT2D eigenvalue weighted by molar-refractivity contribution is 0.0420. The molecule has 0 atom stereocenters. The van der Waals surface area contributed by atoms with E-state index in [1.54, 1.807) is 0 Å². The van der Waals surface area contributed by atoms with Gasteiger partial charge in [-0.2, -0.15) is 5.26 Å². The first kappa shape index (κ1) is 15.0. The average Bonchev–Trinajstić information content (AvgIpc) is 3.25. The number of nitrogen functional groups attached to an aromatic ring is 1. The number of esters is 1. The van der Waals surface area contributed by atoms with Crippen molar-refractivity contribution >= 4 is 11.7 Å². The maximum atomic E-state index is 12.1. The Kier molecular flexibility index (Phi) is 4.22. The number of methoxy groups -OCH3 is 2. The van der Waals surface area contributed by atoms with Crippen LogP contribution in [-0.4, -0.2) is 26.8 Å². The molecular weight excluding hydrogens is 272 g/mol. The highest BCUT2D eigenvalue weighted by Crippen LogP contribution is 2.48. The Balaban J connectivity index is 2.11. The van der Waals surface area contributed by atoms with E-state index in [-0.39, 0.29) is 23.3 Å². The van der Waals surface area contributed by atoms with Crippen molar-refractivity contribution in [3.63, 3.8) is 0 Å². The Morgan fingerprint density at radius 3 is 2.48 bits per heavy atom. The van der Waals surface area contributed by atoms with Crippen LogP contribution in [0.15, 0.2) is 12.1 Å². The third-order valence-corrected chi connectivity index (χ3v) is 3.70. The summed E-state index contributed by atoms with van der Waals surface area (Å²) < 4.78 is 15.6. The molecule has 112 valence electrons. The van der Waals surface area contributed by atoms with Crippen molar-refractivity contribution in [2.24, 2.45) is 5.41 Å². The highest BCUT2D eigenvalue weighted by atomic mass is 16.5. The summed E-state index contributed by atoms with van der Waals surface area (Å²) in [5.74, 6) is 0.351. The van der Waals surface area contributed by atoms with Gasteiger partial charge < -0.3 is 19.9 Å². The summed E-state index contributed by atoms with van der Waals surface area (Å²) in [7, 11) is 2.98. The largest absolute Gasteiger partial charge is 0.493 e. The molecule has 6 nitrogen and oxygen atoms in total. The van der Waals surface area contributed by atoms with Crippen LogP contribution in [0.4, 0.5) is 5.69 Å². The number of hydrogen-bond acceptors (Lipinski definition) is 6. The van der Waals surface area contributed by atoms with Crippen molar-refractivity contribution in [1.29, 1.82) is 5.26 Å². The number of hydrogen-bond donors (Lipinski definition) is 1. The smallest absolute Gasteiger partial charge is 0.340 e. The molecule has 0 unspecified atom stereocenters. The molecule has 1 aromatic rings. The van der Waals surface area contributed by atoms with E-state index in [9.17, 15) is 4.79 Å². The van der Waals surface area contributed by atoms with Gasteiger partial charge in [-0.25, -0.2) is 4.79 Å². The summed E-state index contributed by atoms with van der Waals surface area (Å²) in [4.78, 5) is 12.1. The number of ether oxygens (including phenoxy) is 3. The van der Waals surface area contributed by atoms with E-state index < -0.39 is 5.97 Å². The lowest BCUT2D eigenvalue weighted by Gasteiger charge is -2.14.